The van der Waals surface area contributed by atoms with Gasteiger partial charge in [0.05, 0.1) is 6.04 Å². The van der Waals surface area contributed by atoms with Crippen LogP contribution in [0.4, 0.5) is 13.2 Å². The van der Waals surface area contributed by atoms with Crippen LogP contribution in [0.25, 0.3) is 0 Å². The van der Waals surface area contributed by atoms with E-state index in [-0.39, 0.29) is 16.1 Å². The smallest absolute Gasteiger partial charge is 0.131 e. The van der Waals surface area contributed by atoms with E-state index in [2.05, 4.69) is 5.43 Å². The van der Waals surface area contributed by atoms with Gasteiger partial charge in [-0.15, -0.1) is 0 Å². The van der Waals surface area contributed by atoms with E-state index >= 15 is 0 Å². The summed E-state index contributed by atoms with van der Waals surface area (Å²) in [6.45, 7) is 0. The second-order valence-electron chi connectivity index (χ2n) is 3.90. The Morgan fingerprint density at radius 1 is 1.00 bits per heavy atom. The molecule has 2 nitrogen and oxygen atoms in total. The predicted molar refractivity (Wildman–Crippen MR) is 66.9 cm³/mol. The summed E-state index contributed by atoms with van der Waals surface area (Å²) in [4.78, 5) is 0. The van der Waals surface area contributed by atoms with Gasteiger partial charge in [-0.25, -0.2) is 18.6 Å². The Kier molecular flexibility index (Phi) is 4.09. The maximum absolute atomic E-state index is 13.8. The highest BCUT2D eigenvalue weighted by Crippen LogP contribution is 2.29. The van der Waals surface area contributed by atoms with E-state index in [1.807, 2.05) is 0 Å². The molecule has 2 rings (SSSR count). The lowest BCUT2D eigenvalue weighted by atomic mass is 9.98. The minimum atomic E-state index is -1.17. The highest BCUT2D eigenvalue weighted by molar-refractivity contribution is 6.30. The fraction of sp³-hybridized carbons (Fsp3) is 0.0769. The molecule has 0 aromatic heterocycles. The molecule has 0 aliphatic rings. The van der Waals surface area contributed by atoms with Crippen LogP contribution in [-0.2, 0) is 0 Å². The van der Waals surface area contributed by atoms with E-state index in [0.717, 1.165) is 18.2 Å². The molecule has 0 aliphatic heterocycles. The zero-order valence-corrected chi connectivity index (χ0v) is 10.4. The highest BCUT2D eigenvalue weighted by atomic mass is 35.5. The Labute approximate surface area is 113 Å². The summed E-state index contributed by atoms with van der Waals surface area (Å²) in [7, 11) is 0. The molecule has 0 radical (unpaired) electrons. The van der Waals surface area contributed by atoms with Crippen molar-refractivity contribution in [2.75, 3.05) is 0 Å². The average molecular weight is 287 g/mol. The van der Waals surface area contributed by atoms with Crippen LogP contribution in [0.3, 0.4) is 0 Å². The molecule has 19 heavy (non-hydrogen) atoms. The molecule has 1 atom stereocenters. The third kappa shape index (κ3) is 2.73. The molecule has 0 amide bonds. The van der Waals surface area contributed by atoms with Gasteiger partial charge in [-0.05, 0) is 30.3 Å². The number of rotatable bonds is 3. The first-order valence-corrected chi connectivity index (χ1v) is 5.77. The molecule has 100 valence electrons. The molecular weight excluding hydrogens is 277 g/mol. The maximum atomic E-state index is 13.8. The van der Waals surface area contributed by atoms with Gasteiger partial charge >= 0.3 is 0 Å². The minimum Gasteiger partial charge on any atom is -0.271 e. The summed E-state index contributed by atoms with van der Waals surface area (Å²) in [5.74, 6) is 3.01. The van der Waals surface area contributed by atoms with Crippen molar-refractivity contribution in [3.63, 3.8) is 0 Å². The third-order valence-electron chi connectivity index (χ3n) is 2.72. The summed E-state index contributed by atoms with van der Waals surface area (Å²) in [6.07, 6.45) is 0. The summed E-state index contributed by atoms with van der Waals surface area (Å²) >= 11 is 5.76. The van der Waals surface area contributed by atoms with Crippen LogP contribution in [0.15, 0.2) is 36.4 Å². The summed E-state index contributed by atoms with van der Waals surface area (Å²) in [5, 5.41) is 0.244. The van der Waals surface area contributed by atoms with Gasteiger partial charge in [0.2, 0.25) is 0 Å². The van der Waals surface area contributed by atoms with Crippen LogP contribution in [0.2, 0.25) is 5.02 Å². The van der Waals surface area contributed by atoms with Crippen molar-refractivity contribution < 1.29 is 13.2 Å². The predicted octanol–water partition coefficient (Wildman–Crippen LogP) is 3.31. The third-order valence-corrected chi connectivity index (χ3v) is 2.96. The van der Waals surface area contributed by atoms with E-state index in [0.29, 0.717) is 0 Å². The van der Waals surface area contributed by atoms with Crippen LogP contribution in [-0.4, -0.2) is 0 Å². The largest absolute Gasteiger partial charge is 0.271 e. The molecule has 2 aromatic carbocycles. The van der Waals surface area contributed by atoms with Crippen LogP contribution in [0.5, 0.6) is 0 Å². The molecule has 0 saturated carbocycles. The van der Waals surface area contributed by atoms with Gasteiger partial charge in [0.25, 0.3) is 0 Å². The summed E-state index contributed by atoms with van der Waals surface area (Å²) < 4.78 is 41.2. The molecule has 0 heterocycles. The molecular formula is C13H10ClF3N2. The van der Waals surface area contributed by atoms with Gasteiger partial charge in [-0.1, -0.05) is 17.7 Å². The van der Waals surface area contributed by atoms with Crippen LogP contribution < -0.4 is 11.3 Å². The van der Waals surface area contributed by atoms with E-state index < -0.39 is 23.5 Å². The number of hydrazine groups is 1. The monoisotopic (exact) mass is 286 g/mol. The number of halogens is 4. The molecule has 3 N–H and O–H groups in total. The lowest BCUT2D eigenvalue weighted by Gasteiger charge is -2.19. The highest BCUT2D eigenvalue weighted by Gasteiger charge is 2.23. The number of hydrogen-bond acceptors (Lipinski definition) is 2. The van der Waals surface area contributed by atoms with Crippen molar-refractivity contribution in [3.05, 3.63) is 70.0 Å². The van der Waals surface area contributed by atoms with Gasteiger partial charge in [0, 0.05) is 16.1 Å². The molecule has 0 fully saturated rings. The zero-order chi connectivity index (χ0) is 14.0. The number of hydrogen-bond donors (Lipinski definition) is 2. The quantitative estimate of drug-likeness (QED) is 0.671. The lowest BCUT2D eigenvalue weighted by molar-refractivity contribution is 0.495. The first-order chi connectivity index (χ1) is 9.04. The van der Waals surface area contributed by atoms with Crippen molar-refractivity contribution in [2.24, 2.45) is 5.84 Å². The Bertz CT molecular complexity index is 584. The minimum absolute atomic E-state index is 0.0287. The van der Waals surface area contributed by atoms with Crippen LogP contribution >= 0.6 is 11.6 Å². The topological polar surface area (TPSA) is 38.0 Å². The molecule has 2 aromatic rings. The number of nitrogens with one attached hydrogen (secondary N) is 1. The zero-order valence-electron chi connectivity index (χ0n) is 9.63. The summed E-state index contributed by atoms with van der Waals surface area (Å²) in [6, 6.07) is 5.92. The first kappa shape index (κ1) is 13.9. The molecule has 0 aliphatic carbocycles. The second-order valence-corrected chi connectivity index (χ2v) is 4.34. The van der Waals surface area contributed by atoms with Crippen molar-refractivity contribution in [1.29, 1.82) is 0 Å². The SMILES string of the molecule is NNC(c1cc(Cl)ccc1F)c1c(F)cccc1F. The summed E-state index contributed by atoms with van der Waals surface area (Å²) in [5.41, 5.74) is 1.82. The van der Waals surface area contributed by atoms with E-state index in [4.69, 9.17) is 17.4 Å². The molecule has 0 spiro atoms. The van der Waals surface area contributed by atoms with E-state index in [1.54, 1.807) is 0 Å². The van der Waals surface area contributed by atoms with Crippen molar-refractivity contribution in [2.45, 2.75) is 6.04 Å². The van der Waals surface area contributed by atoms with Gasteiger partial charge < -0.3 is 0 Å². The van der Waals surface area contributed by atoms with Crippen LogP contribution in [0.1, 0.15) is 17.2 Å². The van der Waals surface area contributed by atoms with Crippen molar-refractivity contribution >= 4 is 11.6 Å². The molecule has 6 heteroatoms. The van der Waals surface area contributed by atoms with Gasteiger partial charge in [0.1, 0.15) is 17.5 Å². The molecule has 1 unspecified atom stereocenters. The Balaban J connectivity index is 2.59. The fourth-order valence-electron chi connectivity index (χ4n) is 1.85. The molecule has 0 bridgehead atoms. The van der Waals surface area contributed by atoms with Crippen molar-refractivity contribution in [1.82, 2.24) is 5.43 Å². The Morgan fingerprint density at radius 3 is 2.21 bits per heavy atom. The van der Waals surface area contributed by atoms with Crippen molar-refractivity contribution in [3.8, 4) is 0 Å². The number of nitrogens with two attached hydrogens (primary N) is 1. The maximum Gasteiger partial charge on any atom is 0.131 e. The fourth-order valence-corrected chi connectivity index (χ4v) is 2.03. The normalized spacial score (nSPS) is 12.5. The first-order valence-electron chi connectivity index (χ1n) is 5.39. The Morgan fingerprint density at radius 2 is 1.63 bits per heavy atom. The van der Waals surface area contributed by atoms with Gasteiger partial charge in [-0.2, -0.15) is 0 Å². The van der Waals surface area contributed by atoms with Gasteiger partial charge in [0.15, 0.2) is 0 Å². The number of benzene rings is 2. The lowest BCUT2D eigenvalue weighted by Crippen LogP contribution is -2.31. The Hall–Kier alpha value is -1.56. The second kappa shape index (κ2) is 5.61. The average Bonchev–Trinajstić information content (AvgIpc) is 2.37. The van der Waals surface area contributed by atoms with E-state index in [9.17, 15) is 13.2 Å². The van der Waals surface area contributed by atoms with E-state index in [1.165, 1.54) is 18.2 Å². The van der Waals surface area contributed by atoms with Gasteiger partial charge in [-0.3, -0.25) is 5.84 Å². The standard InChI is InChI=1S/C13H10ClF3N2/c14-7-4-5-9(15)8(6-7)13(19-18)12-10(16)2-1-3-11(12)17/h1-6,13,19H,18H2. The van der Waals surface area contributed by atoms with Crippen LogP contribution in [0, 0.1) is 17.5 Å². The molecule has 0 saturated heterocycles.